The molecule has 3 heterocycles. The van der Waals surface area contributed by atoms with Crippen LogP contribution in [0.2, 0.25) is 0 Å². The van der Waals surface area contributed by atoms with E-state index in [2.05, 4.69) is 52.8 Å². The van der Waals surface area contributed by atoms with Gasteiger partial charge in [-0.05, 0) is 46.7 Å². The number of hydrogen-bond donors (Lipinski definition) is 2. The second-order valence-electron chi connectivity index (χ2n) is 6.86. The zero-order valence-corrected chi connectivity index (χ0v) is 15.5. The van der Waals surface area contributed by atoms with Gasteiger partial charge in [-0.25, -0.2) is 4.79 Å². The lowest BCUT2D eigenvalue weighted by Gasteiger charge is -2.36. The van der Waals surface area contributed by atoms with Crippen molar-refractivity contribution < 1.29 is 4.79 Å². The highest BCUT2D eigenvalue weighted by molar-refractivity contribution is 7.13. The van der Waals surface area contributed by atoms with Crippen molar-refractivity contribution in [2.45, 2.75) is 12.5 Å². The van der Waals surface area contributed by atoms with E-state index in [1.165, 1.54) is 16.0 Å². The lowest BCUT2D eigenvalue weighted by Crippen LogP contribution is -2.43. The van der Waals surface area contributed by atoms with Gasteiger partial charge in [0.2, 0.25) is 0 Å². The molecule has 27 heavy (non-hydrogen) atoms. The van der Waals surface area contributed by atoms with Gasteiger partial charge in [0.1, 0.15) is 0 Å². The molecule has 4 aromatic rings. The molecule has 2 aromatic heterocycles. The standard InChI is InChI=1S/C22H19N3OS/c23-22(26)25-10-9-14-12-15(20-6-3-11-27-20)7-8-16(14)21(25)18-13-24-19-5-2-1-4-17(18)19/h1-8,11-13,21,24H,9-10H2,(H2,23,26). The molecule has 1 unspecified atom stereocenters. The highest BCUT2D eigenvalue weighted by atomic mass is 32.1. The van der Waals surface area contributed by atoms with Crippen LogP contribution in [0.4, 0.5) is 4.79 Å². The van der Waals surface area contributed by atoms with Crippen LogP contribution in [-0.4, -0.2) is 22.5 Å². The van der Waals surface area contributed by atoms with Crippen LogP contribution in [-0.2, 0) is 6.42 Å². The number of thiophene rings is 1. The fourth-order valence-corrected chi connectivity index (χ4v) is 4.84. The van der Waals surface area contributed by atoms with Crippen molar-refractivity contribution in [1.29, 1.82) is 0 Å². The van der Waals surface area contributed by atoms with Crippen molar-refractivity contribution in [3.05, 3.63) is 82.9 Å². The minimum atomic E-state index is -0.377. The second kappa shape index (κ2) is 6.28. The summed E-state index contributed by atoms with van der Waals surface area (Å²) in [5.74, 6) is 0. The number of carbonyl (C=O) groups excluding carboxylic acids is 1. The first-order chi connectivity index (χ1) is 13.2. The third kappa shape index (κ3) is 2.62. The number of nitrogens with one attached hydrogen (secondary N) is 1. The van der Waals surface area contributed by atoms with Gasteiger partial charge in [-0.1, -0.05) is 36.4 Å². The molecule has 0 saturated carbocycles. The van der Waals surface area contributed by atoms with Crippen LogP contribution in [0.25, 0.3) is 21.3 Å². The fraction of sp³-hybridized carbons (Fsp3) is 0.136. The number of H-pyrrole nitrogens is 1. The number of primary amides is 1. The first kappa shape index (κ1) is 16.1. The first-order valence-corrected chi connectivity index (χ1v) is 9.89. The summed E-state index contributed by atoms with van der Waals surface area (Å²) in [6.07, 6.45) is 2.82. The SMILES string of the molecule is NC(=O)N1CCc2cc(-c3cccs3)ccc2C1c1c[nH]c2ccccc12. The summed E-state index contributed by atoms with van der Waals surface area (Å²) in [5.41, 5.74) is 11.6. The van der Waals surface area contributed by atoms with Gasteiger partial charge in [-0.3, -0.25) is 0 Å². The number of aromatic nitrogens is 1. The smallest absolute Gasteiger partial charge is 0.315 e. The van der Waals surface area contributed by atoms with Crippen molar-refractivity contribution in [1.82, 2.24) is 9.88 Å². The lowest BCUT2D eigenvalue weighted by atomic mass is 9.87. The first-order valence-electron chi connectivity index (χ1n) is 9.01. The van der Waals surface area contributed by atoms with E-state index in [4.69, 9.17) is 5.73 Å². The molecule has 5 rings (SSSR count). The Labute approximate surface area is 161 Å². The number of rotatable bonds is 2. The Morgan fingerprint density at radius 2 is 2.00 bits per heavy atom. The van der Waals surface area contributed by atoms with E-state index in [0.29, 0.717) is 6.54 Å². The van der Waals surface area contributed by atoms with E-state index >= 15 is 0 Å². The third-order valence-corrected chi connectivity index (χ3v) is 6.29. The summed E-state index contributed by atoms with van der Waals surface area (Å²) in [5, 5.41) is 3.22. The quantitative estimate of drug-likeness (QED) is 0.514. The third-order valence-electron chi connectivity index (χ3n) is 5.38. The van der Waals surface area contributed by atoms with Crippen molar-refractivity contribution >= 4 is 28.3 Å². The van der Waals surface area contributed by atoms with Crippen molar-refractivity contribution in [3.63, 3.8) is 0 Å². The molecule has 0 saturated heterocycles. The molecule has 2 aromatic carbocycles. The highest BCUT2D eigenvalue weighted by Gasteiger charge is 2.32. The molecule has 4 nitrogen and oxygen atoms in total. The van der Waals surface area contributed by atoms with Crippen LogP contribution in [0.3, 0.4) is 0 Å². The molecule has 0 radical (unpaired) electrons. The van der Waals surface area contributed by atoms with Gasteiger partial charge in [0.05, 0.1) is 6.04 Å². The molecule has 0 spiro atoms. The highest BCUT2D eigenvalue weighted by Crippen LogP contribution is 2.40. The predicted molar refractivity (Wildman–Crippen MR) is 110 cm³/mol. The molecule has 1 atom stereocenters. The number of carbonyl (C=O) groups is 1. The molecule has 0 bridgehead atoms. The molecular weight excluding hydrogens is 354 g/mol. The van der Waals surface area contributed by atoms with Gasteiger partial charge >= 0.3 is 6.03 Å². The number of hydrogen-bond acceptors (Lipinski definition) is 2. The molecule has 0 fully saturated rings. The fourth-order valence-electron chi connectivity index (χ4n) is 4.12. The minimum Gasteiger partial charge on any atom is -0.361 e. The van der Waals surface area contributed by atoms with Crippen molar-refractivity contribution in [3.8, 4) is 10.4 Å². The maximum absolute atomic E-state index is 12.2. The van der Waals surface area contributed by atoms with E-state index < -0.39 is 0 Å². The van der Waals surface area contributed by atoms with E-state index in [0.717, 1.165) is 28.5 Å². The van der Waals surface area contributed by atoms with E-state index in [1.54, 1.807) is 16.2 Å². The van der Waals surface area contributed by atoms with Crippen LogP contribution < -0.4 is 5.73 Å². The summed E-state index contributed by atoms with van der Waals surface area (Å²) < 4.78 is 0. The molecule has 134 valence electrons. The van der Waals surface area contributed by atoms with Gasteiger partial charge in [-0.2, -0.15) is 0 Å². The molecule has 1 aliphatic heterocycles. The molecule has 5 heteroatoms. The number of nitrogens with two attached hydrogens (primary N) is 1. The van der Waals surface area contributed by atoms with Gasteiger partial charge in [-0.15, -0.1) is 11.3 Å². The Balaban J connectivity index is 1.67. The lowest BCUT2D eigenvalue weighted by molar-refractivity contribution is 0.190. The maximum Gasteiger partial charge on any atom is 0.315 e. The number of fused-ring (bicyclic) bond motifs is 2. The van der Waals surface area contributed by atoms with Crippen LogP contribution in [0.1, 0.15) is 22.7 Å². The molecule has 0 aliphatic carbocycles. The Morgan fingerprint density at radius 3 is 2.81 bits per heavy atom. The number of aromatic amines is 1. The van der Waals surface area contributed by atoms with Gasteiger partial charge < -0.3 is 15.6 Å². The second-order valence-corrected chi connectivity index (χ2v) is 7.81. The zero-order chi connectivity index (χ0) is 18.4. The van der Waals surface area contributed by atoms with Crippen LogP contribution >= 0.6 is 11.3 Å². The number of nitrogens with zero attached hydrogens (tertiary/aromatic N) is 1. The van der Waals surface area contributed by atoms with Crippen LogP contribution in [0.15, 0.2) is 66.2 Å². The molecule has 2 amide bonds. The number of benzene rings is 2. The molecular formula is C22H19N3OS. The monoisotopic (exact) mass is 373 g/mol. The van der Waals surface area contributed by atoms with Crippen molar-refractivity contribution in [2.24, 2.45) is 5.73 Å². The van der Waals surface area contributed by atoms with Crippen LogP contribution in [0, 0.1) is 0 Å². The Morgan fingerprint density at radius 1 is 1.11 bits per heavy atom. The van der Waals surface area contributed by atoms with Crippen LogP contribution in [0.5, 0.6) is 0 Å². The van der Waals surface area contributed by atoms with Crippen molar-refractivity contribution in [2.75, 3.05) is 6.54 Å². The summed E-state index contributed by atoms with van der Waals surface area (Å²) in [4.78, 5) is 18.6. The predicted octanol–water partition coefficient (Wildman–Crippen LogP) is 4.92. The maximum atomic E-state index is 12.2. The van der Waals surface area contributed by atoms with E-state index in [-0.39, 0.29) is 12.1 Å². The van der Waals surface area contributed by atoms with Gasteiger partial charge in [0, 0.05) is 34.1 Å². The molecule has 3 N–H and O–H groups in total. The summed E-state index contributed by atoms with van der Waals surface area (Å²) in [7, 11) is 0. The Hall–Kier alpha value is -3.05. The zero-order valence-electron chi connectivity index (χ0n) is 14.7. The molecule has 1 aliphatic rings. The van der Waals surface area contributed by atoms with Gasteiger partial charge in [0.25, 0.3) is 0 Å². The summed E-state index contributed by atoms with van der Waals surface area (Å²) in [6, 6.07) is 18.4. The Kier molecular flexibility index (Phi) is 3.76. The number of para-hydroxylation sites is 1. The normalized spacial score (nSPS) is 16.4. The number of urea groups is 1. The minimum absolute atomic E-state index is 0.167. The number of amides is 2. The summed E-state index contributed by atoms with van der Waals surface area (Å²) >= 11 is 1.74. The average Bonchev–Trinajstić information content (AvgIpc) is 3.36. The largest absolute Gasteiger partial charge is 0.361 e. The average molecular weight is 373 g/mol. The van der Waals surface area contributed by atoms with E-state index in [1.807, 2.05) is 18.3 Å². The van der Waals surface area contributed by atoms with E-state index in [9.17, 15) is 4.79 Å². The van der Waals surface area contributed by atoms with Gasteiger partial charge in [0.15, 0.2) is 0 Å². The summed E-state index contributed by atoms with van der Waals surface area (Å²) in [6.45, 7) is 0.625. The Bertz CT molecular complexity index is 1130. The topological polar surface area (TPSA) is 62.1 Å².